The quantitative estimate of drug-likeness (QED) is 0.909. The first-order valence-corrected chi connectivity index (χ1v) is 8.61. The molecule has 3 heteroatoms. The molecule has 0 aliphatic carbocycles. The fraction of sp³-hybridized carbons (Fsp3) is 0.625. The van der Waals surface area contributed by atoms with E-state index in [9.17, 15) is 0 Å². The van der Waals surface area contributed by atoms with Crippen LogP contribution in [0.25, 0.3) is 0 Å². The lowest BCUT2D eigenvalue weighted by Crippen LogP contribution is -2.35. The first kappa shape index (κ1) is 13.3. The van der Waals surface area contributed by atoms with E-state index in [1.165, 1.54) is 35.5 Å². The van der Waals surface area contributed by atoms with Gasteiger partial charge in [0, 0.05) is 18.5 Å². The second-order valence-electron chi connectivity index (χ2n) is 5.48. The third-order valence-corrected chi connectivity index (χ3v) is 5.23. The average Bonchev–Trinajstić information content (AvgIpc) is 2.93. The van der Waals surface area contributed by atoms with Crippen molar-refractivity contribution in [3.05, 3.63) is 29.3 Å². The van der Waals surface area contributed by atoms with Gasteiger partial charge in [-0.3, -0.25) is 0 Å². The van der Waals surface area contributed by atoms with Gasteiger partial charge < -0.3 is 10.1 Å². The number of fused-ring (bicyclic) bond motifs is 1. The van der Waals surface area contributed by atoms with E-state index in [2.05, 4.69) is 42.2 Å². The minimum atomic E-state index is 0.499. The lowest BCUT2D eigenvalue weighted by atomic mass is 9.99. The minimum absolute atomic E-state index is 0.499. The highest BCUT2D eigenvalue weighted by Crippen LogP contribution is 2.30. The molecule has 1 unspecified atom stereocenters. The zero-order chi connectivity index (χ0) is 13.1. The highest BCUT2D eigenvalue weighted by Gasteiger charge is 2.20. The predicted molar refractivity (Wildman–Crippen MR) is 82.2 cm³/mol. The summed E-state index contributed by atoms with van der Waals surface area (Å²) in [6.07, 6.45) is 4.85. The maximum Gasteiger partial charge on any atom is 0.122 e. The van der Waals surface area contributed by atoms with Crippen LogP contribution in [-0.4, -0.2) is 24.2 Å². The van der Waals surface area contributed by atoms with E-state index >= 15 is 0 Å². The Kier molecular flexibility index (Phi) is 4.34. The Bertz CT molecular complexity index is 429. The van der Waals surface area contributed by atoms with Gasteiger partial charge >= 0.3 is 0 Å². The molecule has 19 heavy (non-hydrogen) atoms. The molecule has 1 saturated heterocycles. The lowest BCUT2D eigenvalue weighted by molar-refractivity contribution is 0.356. The fourth-order valence-corrected chi connectivity index (χ4v) is 4.13. The van der Waals surface area contributed by atoms with Crippen LogP contribution in [0.1, 0.15) is 43.4 Å². The molecule has 0 radical (unpaired) electrons. The maximum atomic E-state index is 5.59. The topological polar surface area (TPSA) is 21.3 Å². The predicted octanol–water partition coefficient (Wildman–Crippen LogP) is 3.56. The fourth-order valence-electron chi connectivity index (χ4n) is 3.02. The second-order valence-corrected chi connectivity index (χ2v) is 6.70. The van der Waals surface area contributed by atoms with Crippen molar-refractivity contribution < 1.29 is 4.74 Å². The minimum Gasteiger partial charge on any atom is -0.493 e. The standard InChI is InChI=1S/C16H23NOS/c1-2-15(17-14-6-9-19-10-7-14)12-3-4-16-13(11-12)5-8-18-16/h3-4,11,14-15,17H,2,5-10H2,1H3. The summed E-state index contributed by atoms with van der Waals surface area (Å²) < 4.78 is 5.59. The Labute approximate surface area is 120 Å². The normalized spacial score (nSPS) is 20.9. The van der Waals surface area contributed by atoms with Gasteiger partial charge in [0.25, 0.3) is 0 Å². The summed E-state index contributed by atoms with van der Waals surface area (Å²) in [6, 6.07) is 7.94. The maximum absolute atomic E-state index is 5.59. The summed E-state index contributed by atoms with van der Waals surface area (Å²) in [5.74, 6) is 3.71. The van der Waals surface area contributed by atoms with Crippen LogP contribution in [0, 0.1) is 0 Å². The van der Waals surface area contributed by atoms with E-state index in [0.717, 1.165) is 25.2 Å². The molecule has 0 spiro atoms. The molecule has 0 bridgehead atoms. The number of rotatable bonds is 4. The Morgan fingerprint density at radius 1 is 1.37 bits per heavy atom. The van der Waals surface area contributed by atoms with E-state index in [4.69, 9.17) is 4.74 Å². The van der Waals surface area contributed by atoms with Crippen molar-refractivity contribution in [2.75, 3.05) is 18.1 Å². The molecule has 2 heterocycles. The molecule has 3 rings (SSSR count). The van der Waals surface area contributed by atoms with Crippen LogP contribution in [0.2, 0.25) is 0 Å². The molecule has 1 aromatic rings. The number of ether oxygens (including phenoxy) is 1. The van der Waals surface area contributed by atoms with Crippen molar-refractivity contribution in [2.45, 2.75) is 44.7 Å². The molecule has 2 nitrogen and oxygen atoms in total. The summed E-state index contributed by atoms with van der Waals surface area (Å²) in [4.78, 5) is 0. The summed E-state index contributed by atoms with van der Waals surface area (Å²) in [5.41, 5.74) is 2.82. The third kappa shape index (κ3) is 3.09. The van der Waals surface area contributed by atoms with Crippen molar-refractivity contribution in [2.24, 2.45) is 0 Å². The van der Waals surface area contributed by atoms with Gasteiger partial charge in [0.15, 0.2) is 0 Å². The Morgan fingerprint density at radius 3 is 3.00 bits per heavy atom. The summed E-state index contributed by atoms with van der Waals surface area (Å²) in [5, 5.41) is 3.86. The average molecular weight is 277 g/mol. The SMILES string of the molecule is CCC(NC1CCSCC1)c1ccc2c(c1)CCO2. The lowest BCUT2D eigenvalue weighted by Gasteiger charge is -2.28. The highest BCUT2D eigenvalue weighted by atomic mass is 32.2. The number of hydrogen-bond donors (Lipinski definition) is 1. The summed E-state index contributed by atoms with van der Waals surface area (Å²) in [6.45, 7) is 3.13. The van der Waals surface area contributed by atoms with Crippen molar-refractivity contribution in [3.8, 4) is 5.75 Å². The smallest absolute Gasteiger partial charge is 0.122 e. The molecular weight excluding hydrogens is 254 g/mol. The highest BCUT2D eigenvalue weighted by molar-refractivity contribution is 7.99. The Morgan fingerprint density at radius 2 is 2.21 bits per heavy atom. The van der Waals surface area contributed by atoms with Crippen LogP contribution in [0.4, 0.5) is 0 Å². The van der Waals surface area contributed by atoms with E-state index in [1.54, 1.807) is 0 Å². The number of thioether (sulfide) groups is 1. The van der Waals surface area contributed by atoms with Gasteiger partial charge in [0.1, 0.15) is 5.75 Å². The van der Waals surface area contributed by atoms with Crippen LogP contribution < -0.4 is 10.1 Å². The summed E-state index contributed by atoms with van der Waals surface area (Å²) >= 11 is 2.09. The van der Waals surface area contributed by atoms with Crippen molar-refractivity contribution in [1.29, 1.82) is 0 Å². The van der Waals surface area contributed by atoms with Gasteiger partial charge in [-0.15, -0.1) is 0 Å². The Balaban J connectivity index is 1.70. The van der Waals surface area contributed by atoms with Crippen molar-refractivity contribution in [1.82, 2.24) is 5.32 Å². The molecule has 1 N–H and O–H groups in total. The van der Waals surface area contributed by atoms with E-state index in [1.807, 2.05) is 0 Å². The zero-order valence-corrected chi connectivity index (χ0v) is 12.5. The van der Waals surface area contributed by atoms with Gasteiger partial charge in [0.05, 0.1) is 6.61 Å². The van der Waals surface area contributed by atoms with Crippen LogP contribution in [0.5, 0.6) is 5.75 Å². The largest absolute Gasteiger partial charge is 0.493 e. The van der Waals surface area contributed by atoms with Gasteiger partial charge in [-0.25, -0.2) is 0 Å². The third-order valence-electron chi connectivity index (χ3n) is 4.18. The van der Waals surface area contributed by atoms with Gasteiger partial charge in [0.2, 0.25) is 0 Å². The number of nitrogens with one attached hydrogen (secondary N) is 1. The van der Waals surface area contributed by atoms with Gasteiger partial charge in [-0.1, -0.05) is 19.1 Å². The zero-order valence-electron chi connectivity index (χ0n) is 11.7. The first-order valence-electron chi connectivity index (χ1n) is 7.46. The van der Waals surface area contributed by atoms with Crippen LogP contribution in [0.15, 0.2) is 18.2 Å². The molecule has 0 aromatic heterocycles. The van der Waals surface area contributed by atoms with Gasteiger partial charge in [-0.2, -0.15) is 11.8 Å². The number of benzene rings is 1. The van der Waals surface area contributed by atoms with E-state index < -0.39 is 0 Å². The van der Waals surface area contributed by atoms with E-state index in [0.29, 0.717) is 12.1 Å². The molecule has 1 fully saturated rings. The molecule has 2 aliphatic heterocycles. The molecule has 1 atom stereocenters. The summed E-state index contributed by atoms with van der Waals surface area (Å²) in [7, 11) is 0. The first-order chi connectivity index (χ1) is 9.36. The van der Waals surface area contributed by atoms with Crippen molar-refractivity contribution >= 4 is 11.8 Å². The Hall–Kier alpha value is -0.670. The molecule has 104 valence electrons. The van der Waals surface area contributed by atoms with Crippen LogP contribution in [-0.2, 0) is 6.42 Å². The van der Waals surface area contributed by atoms with E-state index in [-0.39, 0.29) is 0 Å². The van der Waals surface area contributed by atoms with Gasteiger partial charge in [-0.05, 0) is 48.0 Å². The molecule has 2 aliphatic rings. The monoisotopic (exact) mass is 277 g/mol. The number of hydrogen-bond acceptors (Lipinski definition) is 3. The molecular formula is C16H23NOS. The van der Waals surface area contributed by atoms with Crippen LogP contribution in [0.3, 0.4) is 0 Å². The second kappa shape index (κ2) is 6.19. The van der Waals surface area contributed by atoms with Crippen LogP contribution >= 0.6 is 11.8 Å². The van der Waals surface area contributed by atoms with Crippen molar-refractivity contribution in [3.63, 3.8) is 0 Å². The molecule has 0 amide bonds. The molecule has 0 saturated carbocycles. The molecule has 1 aromatic carbocycles.